The number of nitrogens with two attached hydrogens (primary N) is 1. The largest absolute Gasteiger partial charge is 0.399 e. The van der Waals surface area contributed by atoms with Gasteiger partial charge in [-0.25, -0.2) is 4.39 Å². The van der Waals surface area contributed by atoms with E-state index in [1.165, 1.54) is 12.1 Å². The zero-order chi connectivity index (χ0) is 15.0. The fraction of sp³-hybridized carbons (Fsp3) is 0.188. The van der Waals surface area contributed by atoms with E-state index in [4.69, 9.17) is 5.73 Å². The van der Waals surface area contributed by atoms with E-state index in [2.05, 4.69) is 15.9 Å². The molecule has 2 aromatic rings. The molecule has 0 radical (unpaired) electrons. The van der Waals surface area contributed by atoms with Crippen molar-refractivity contribution in [2.75, 3.05) is 17.2 Å². The predicted molar refractivity (Wildman–Crippen MR) is 85.0 cm³/mol. The number of anilines is 2. The smallest absolute Gasteiger partial charge is 0.258 e. The summed E-state index contributed by atoms with van der Waals surface area (Å²) in [5.74, 6) is -0.640. The highest BCUT2D eigenvalue weighted by Crippen LogP contribution is 2.30. The van der Waals surface area contributed by atoms with Crippen molar-refractivity contribution in [2.45, 2.75) is 12.8 Å². The van der Waals surface area contributed by atoms with Crippen LogP contribution in [0, 0.1) is 5.82 Å². The van der Waals surface area contributed by atoms with Crippen LogP contribution in [0.3, 0.4) is 0 Å². The molecule has 0 aromatic heterocycles. The third-order valence-electron chi connectivity index (χ3n) is 3.58. The molecule has 108 valence electrons. The number of carbonyl (C=O) groups is 1. The van der Waals surface area contributed by atoms with Crippen molar-refractivity contribution >= 4 is 33.2 Å². The molecule has 1 aliphatic heterocycles. The van der Waals surface area contributed by atoms with Crippen LogP contribution in [0.5, 0.6) is 0 Å². The van der Waals surface area contributed by atoms with Gasteiger partial charge in [-0.15, -0.1) is 0 Å². The zero-order valence-corrected chi connectivity index (χ0v) is 12.9. The number of fused-ring (bicyclic) bond motifs is 1. The molecule has 3 nitrogen and oxygen atoms in total. The summed E-state index contributed by atoms with van der Waals surface area (Å²) in [6.45, 7) is 0.615. The number of aryl methyl sites for hydroxylation is 1. The van der Waals surface area contributed by atoms with Crippen LogP contribution in [0.15, 0.2) is 40.9 Å². The van der Waals surface area contributed by atoms with Crippen molar-refractivity contribution in [3.8, 4) is 0 Å². The van der Waals surface area contributed by atoms with Gasteiger partial charge in [0.05, 0.1) is 0 Å². The van der Waals surface area contributed by atoms with Crippen LogP contribution in [-0.4, -0.2) is 12.5 Å². The summed E-state index contributed by atoms with van der Waals surface area (Å²) in [5.41, 5.74) is 8.70. The fourth-order valence-electron chi connectivity index (χ4n) is 2.64. The van der Waals surface area contributed by atoms with Gasteiger partial charge in [0.25, 0.3) is 5.91 Å². The van der Waals surface area contributed by atoms with Crippen LogP contribution in [-0.2, 0) is 6.42 Å². The molecule has 21 heavy (non-hydrogen) atoms. The lowest BCUT2D eigenvalue weighted by Crippen LogP contribution is -2.35. The Bertz CT molecular complexity index is 697. The monoisotopic (exact) mass is 348 g/mol. The number of benzene rings is 2. The Morgan fingerprint density at radius 2 is 2.05 bits per heavy atom. The molecule has 0 saturated heterocycles. The van der Waals surface area contributed by atoms with Crippen LogP contribution in [0.1, 0.15) is 22.3 Å². The number of hydrogen-bond donors (Lipinski definition) is 1. The standard InChI is InChI=1S/C16H14BrFN2O/c17-12-6-11(7-13(18)8-12)16(21)20-5-1-2-10-3-4-14(19)9-15(10)20/h3-4,6-9H,1-2,5,19H2. The predicted octanol–water partition coefficient (Wildman–Crippen LogP) is 3.76. The normalized spacial score (nSPS) is 13.9. The minimum atomic E-state index is -0.433. The molecular weight excluding hydrogens is 335 g/mol. The molecule has 1 amide bonds. The van der Waals surface area contributed by atoms with Crippen LogP contribution >= 0.6 is 15.9 Å². The molecule has 2 aromatic carbocycles. The molecular formula is C16H14BrFN2O. The van der Waals surface area contributed by atoms with E-state index in [1.807, 2.05) is 12.1 Å². The molecule has 2 N–H and O–H groups in total. The number of hydrogen-bond acceptors (Lipinski definition) is 2. The van der Waals surface area contributed by atoms with Gasteiger partial charge in [0.2, 0.25) is 0 Å². The minimum absolute atomic E-state index is 0.207. The Labute approximate surface area is 130 Å². The number of amides is 1. The van der Waals surface area contributed by atoms with Gasteiger partial charge in [0.1, 0.15) is 5.82 Å². The van der Waals surface area contributed by atoms with E-state index in [0.29, 0.717) is 22.3 Å². The molecule has 0 spiro atoms. The first-order chi connectivity index (χ1) is 10.0. The Morgan fingerprint density at radius 3 is 2.81 bits per heavy atom. The fourth-order valence-corrected chi connectivity index (χ4v) is 3.10. The highest BCUT2D eigenvalue weighted by Gasteiger charge is 2.24. The van der Waals surface area contributed by atoms with Gasteiger partial charge in [0.15, 0.2) is 0 Å². The Balaban J connectivity index is 2.01. The summed E-state index contributed by atoms with van der Waals surface area (Å²) in [7, 11) is 0. The molecule has 1 aliphatic rings. The summed E-state index contributed by atoms with van der Waals surface area (Å²) >= 11 is 3.22. The van der Waals surface area contributed by atoms with Crippen molar-refractivity contribution in [2.24, 2.45) is 0 Å². The number of rotatable bonds is 1. The average molecular weight is 349 g/mol. The van der Waals surface area contributed by atoms with Gasteiger partial charge >= 0.3 is 0 Å². The molecule has 5 heteroatoms. The van der Waals surface area contributed by atoms with Gasteiger partial charge in [0, 0.05) is 28.0 Å². The van der Waals surface area contributed by atoms with E-state index in [-0.39, 0.29) is 5.91 Å². The number of carbonyl (C=O) groups excluding carboxylic acids is 1. The lowest BCUT2D eigenvalue weighted by Gasteiger charge is -2.30. The quantitative estimate of drug-likeness (QED) is 0.797. The van der Waals surface area contributed by atoms with E-state index < -0.39 is 5.82 Å². The third kappa shape index (κ3) is 2.78. The summed E-state index contributed by atoms with van der Waals surface area (Å²) < 4.78 is 14.0. The first-order valence-corrected chi connectivity index (χ1v) is 7.50. The van der Waals surface area contributed by atoms with Crippen molar-refractivity contribution < 1.29 is 9.18 Å². The Hall–Kier alpha value is -1.88. The lowest BCUT2D eigenvalue weighted by atomic mass is 10.00. The Kier molecular flexibility index (Phi) is 3.68. The first-order valence-electron chi connectivity index (χ1n) is 6.71. The molecule has 0 atom stereocenters. The van der Waals surface area contributed by atoms with E-state index in [9.17, 15) is 9.18 Å². The van der Waals surface area contributed by atoms with Gasteiger partial charge in [-0.3, -0.25) is 4.79 Å². The molecule has 0 saturated carbocycles. The zero-order valence-electron chi connectivity index (χ0n) is 11.3. The number of nitrogens with zero attached hydrogens (tertiary/aromatic N) is 1. The molecule has 0 aliphatic carbocycles. The maximum absolute atomic E-state index is 13.5. The molecule has 0 unspecified atom stereocenters. The maximum atomic E-state index is 13.5. The van der Waals surface area contributed by atoms with E-state index >= 15 is 0 Å². The molecule has 1 heterocycles. The van der Waals surface area contributed by atoms with Gasteiger partial charge in [-0.05, 0) is 48.7 Å². The average Bonchev–Trinajstić information content (AvgIpc) is 2.44. The van der Waals surface area contributed by atoms with Crippen LogP contribution in [0.2, 0.25) is 0 Å². The topological polar surface area (TPSA) is 46.3 Å². The van der Waals surface area contributed by atoms with Crippen molar-refractivity contribution in [3.05, 3.63) is 57.8 Å². The maximum Gasteiger partial charge on any atom is 0.258 e. The van der Waals surface area contributed by atoms with Crippen molar-refractivity contribution in [1.29, 1.82) is 0 Å². The third-order valence-corrected chi connectivity index (χ3v) is 4.04. The van der Waals surface area contributed by atoms with Gasteiger partial charge in [-0.1, -0.05) is 22.0 Å². The highest BCUT2D eigenvalue weighted by molar-refractivity contribution is 9.10. The van der Waals surface area contributed by atoms with Crippen molar-refractivity contribution in [3.63, 3.8) is 0 Å². The van der Waals surface area contributed by atoms with Crippen LogP contribution < -0.4 is 10.6 Å². The second-order valence-corrected chi connectivity index (χ2v) is 6.02. The second kappa shape index (κ2) is 5.48. The van der Waals surface area contributed by atoms with E-state index in [0.717, 1.165) is 24.1 Å². The minimum Gasteiger partial charge on any atom is -0.399 e. The number of nitrogen functional groups attached to an aromatic ring is 1. The van der Waals surface area contributed by atoms with Crippen LogP contribution in [0.25, 0.3) is 0 Å². The summed E-state index contributed by atoms with van der Waals surface area (Å²) in [6, 6.07) is 9.82. The summed E-state index contributed by atoms with van der Waals surface area (Å²) in [5, 5.41) is 0. The van der Waals surface area contributed by atoms with Crippen molar-refractivity contribution in [1.82, 2.24) is 0 Å². The highest BCUT2D eigenvalue weighted by atomic mass is 79.9. The molecule has 0 bridgehead atoms. The number of halogens is 2. The second-order valence-electron chi connectivity index (χ2n) is 5.11. The van der Waals surface area contributed by atoms with Gasteiger partial charge < -0.3 is 10.6 Å². The van der Waals surface area contributed by atoms with E-state index in [1.54, 1.807) is 17.0 Å². The molecule has 3 rings (SSSR count). The SMILES string of the molecule is Nc1ccc2c(c1)N(C(=O)c1cc(F)cc(Br)c1)CCC2. The summed E-state index contributed by atoms with van der Waals surface area (Å²) in [4.78, 5) is 14.4. The Morgan fingerprint density at radius 1 is 1.24 bits per heavy atom. The van der Waals surface area contributed by atoms with Crippen LogP contribution in [0.4, 0.5) is 15.8 Å². The first kappa shape index (κ1) is 14.1. The summed E-state index contributed by atoms with van der Waals surface area (Å²) in [6.07, 6.45) is 1.81. The van der Waals surface area contributed by atoms with Gasteiger partial charge in [-0.2, -0.15) is 0 Å². The molecule has 0 fully saturated rings. The lowest BCUT2D eigenvalue weighted by molar-refractivity contribution is 0.0984.